The summed E-state index contributed by atoms with van der Waals surface area (Å²) in [5, 5.41) is 18.0. The van der Waals surface area contributed by atoms with E-state index in [2.05, 4.69) is 35.9 Å². The smallest absolute Gasteiger partial charge is 0.309 e. The van der Waals surface area contributed by atoms with Crippen molar-refractivity contribution in [1.82, 2.24) is 10.2 Å². The lowest BCUT2D eigenvalue weighted by Gasteiger charge is -2.38. The largest absolute Gasteiger partial charge is 0.481 e. The van der Waals surface area contributed by atoms with Crippen LogP contribution in [0.5, 0.6) is 0 Å². The van der Waals surface area contributed by atoms with Crippen LogP contribution in [0.25, 0.3) is 0 Å². The molecule has 2 rings (SSSR count). The summed E-state index contributed by atoms with van der Waals surface area (Å²) >= 11 is 0. The first-order valence-electron chi connectivity index (χ1n) is 7.95. The van der Waals surface area contributed by atoms with Crippen LogP contribution in [0, 0.1) is 11.3 Å². The van der Waals surface area contributed by atoms with E-state index in [0.29, 0.717) is 0 Å². The van der Waals surface area contributed by atoms with Crippen LogP contribution in [0.15, 0.2) is 12.1 Å². The highest BCUT2D eigenvalue weighted by molar-refractivity contribution is 5.74. The molecule has 5 heteroatoms. The van der Waals surface area contributed by atoms with E-state index in [4.69, 9.17) is 0 Å². The van der Waals surface area contributed by atoms with Gasteiger partial charge in [-0.3, -0.25) is 4.79 Å². The van der Waals surface area contributed by atoms with Gasteiger partial charge in [0.1, 0.15) is 0 Å². The summed E-state index contributed by atoms with van der Waals surface area (Å²) in [7, 11) is 0. The van der Waals surface area contributed by atoms with Crippen molar-refractivity contribution in [3.05, 3.63) is 17.8 Å². The lowest BCUT2D eigenvalue weighted by Crippen LogP contribution is -2.42. The van der Waals surface area contributed by atoms with Crippen LogP contribution in [-0.2, 0) is 10.2 Å². The summed E-state index contributed by atoms with van der Waals surface area (Å²) < 4.78 is 0. The quantitative estimate of drug-likeness (QED) is 0.929. The first kappa shape index (κ1) is 16.7. The summed E-state index contributed by atoms with van der Waals surface area (Å²) in [4.78, 5) is 13.6. The minimum atomic E-state index is -0.708. The molecule has 1 aromatic heterocycles. The van der Waals surface area contributed by atoms with E-state index in [1.807, 2.05) is 26.0 Å². The topological polar surface area (TPSA) is 66.3 Å². The van der Waals surface area contributed by atoms with E-state index in [1.165, 1.54) is 0 Å². The third kappa shape index (κ3) is 3.39. The molecule has 0 saturated carbocycles. The molecule has 1 aliphatic heterocycles. The van der Waals surface area contributed by atoms with Gasteiger partial charge in [-0.15, -0.1) is 5.10 Å². The monoisotopic (exact) mass is 305 g/mol. The van der Waals surface area contributed by atoms with Gasteiger partial charge >= 0.3 is 5.97 Å². The maximum Gasteiger partial charge on any atom is 0.309 e. The van der Waals surface area contributed by atoms with E-state index < -0.39 is 11.4 Å². The number of carbonyl (C=O) groups is 1. The summed E-state index contributed by atoms with van der Waals surface area (Å²) in [6.45, 7) is 11.7. The second kappa shape index (κ2) is 5.86. The molecular weight excluding hydrogens is 278 g/mol. The van der Waals surface area contributed by atoms with Crippen LogP contribution >= 0.6 is 0 Å². The first-order valence-corrected chi connectivity index (χ1v) is 7.95. The van der Waals surface area contributed by atoms with Gasteiger partial charge in [-0.2, -0.15) is 5.10 Å². The Labute approximate surface area is 132 Å². The molecule has 1 aliphatic rings. The van der Waals surface area contributed by atoms with Crippen LogP contribution in [0.3, 0.4) is 0 Å². The second-order valence-electron chi connectivity index (χ2n) is 7.81. The average Bonchev–Trinajstić information content (AvgIpc) is 2.46. The minimum absolute atomic E-state index is 0.00400. The Morgan fingerprint density at radius 1 is 1.14 bits per heavy atom. The van der Waals surface area contributed by atoms with E-state index in [-0.39, 0.29) is 11.3 Å². The second-order valence-corrected chi connectivity index (χ2v) is 7.81. The Bertz CT molecular complexity index is 524. The normalized spacial score (nSPS) is 17.6. The SMILES string of the molecule is CC(C)(C)c1ccc(N2CCC(C(C)(C)C(=O)O)CC2)nn1. The van der Waals surface area contributed by atoms with Crippen LogP contribution < -0.4 is 4.90 Å². The number of carboxylic acid groups (broad SMARTS) is 1. The first-order chi connectivity index (χ1) is 10.1. The molecule has 0 unspecified atom stereocenters. The molecule has 0 spiro atoms. The van der Waals surface area contributed by atoms with Gasteiger partial charge in [-0.25, -0.2) is 0 Å². The molecule has 1 aromatic rings. The summed E-state index contributed by atoms with van der Waals surface area (Å²) in [6, 6.07) is 4.06. The van der Waals surface area contributed by atoms with Gasteiger partial charge in [0.15, 0.2) is 5.82 Å². The lowest BCUT2D eigenvalue weighted by molar-refractivity contribution is -0.150. The molecule has 0 bridgehead atoms. The zero-order valence-electron chi connectivity index (χ0n) is 14.3. The van der Waals surface area contributed by atoms with Crippen molar-refractivity contribution >= 4 is 11.8 Å². The number of aliphatic carboxylic acids is 1. The van der Waals surface area contributed by atoms with Crippen molar-refractivity contribution in [1.29, 1.82) is 0 Å². The van der Waals surface area contributed by atoms with Gasteiger partial charge in [0.25, 0.3) is 0 Å². The molecule has 1 N–H and O–H groups in total. The van der Waals surface area contributed by atoms with Crippen molar-refractivity contribution < 1.29 is 9.90 Å². The number of piperidine rings is 1. The molecule has 0 aliphatic carbocycles. The molecule has 0 radical (unpaired) electrons. The number of rotatable bonds is 3. The highest BCUT2D eigenvalue weighted by Crippen LogP contribution is 2.36. The predicted molar refractivity (Wildman–Crippen MR) is 87.1 cm³/mol. The fraction of sp³-hybridized carbons (Fsp3) is 0.706. The predicted octanol–water partition coefficient (Wildman–Crippen LogP) is 3.10. The fourth-order valence-electron chi connectivity index (χ4n) is 2.90. The third-order valence-electron chi connectivity index (χ3n) is 4.81. The summed E-state index contributed by atoms with van der Waals surface area (Å²) in [6.07, 6.45) is 1.75. The molecule has 1 saturated heterocycles. The van der Waals surface area contributed by atoms with E-state index in [1.54, 1.807) is 0 Å². The number of nitrogens with zero attached hydrogens (tertiary/aromatic N) is 3. The van der Waals surface area contributed by atoms with Gasteiger partial charge in [-0.1, -0.05) is 20.8 Å². The Morgan fingerprint density at radius 2 is 1.73 bits per heavy atom. The Kier molecular flexibility index (Phi) is 4.45. The van der Waals surface area contributed by atoms with Gasteiger partial charge < -0.3 is 10.0 Å². The molecular formula is C17H27N3O2. The summed E-state index contributed by atoms with van der Waals surface area (Å²) in [5.41, 5.74) is 0.330. The zero-order valence-corrected chi connectivity index (χ0v) is 14.3. The number of aromatic nitrogens is 2. The van der Waals surface area contributed by atoms with E-state index >= 15 is 0 Å². The van der Waals surface area contributed by atoms with Crippen molar-refractivity contribution in [2.24, 2.45) is 11.3 Å². The molecule has 0 amide bonds. The van der Waals surface area contributed by atoms with Crippen LogP contribution in [-0.4, -0.2) is 34.4 Å². The Morgan fingerprint density at radius 3 is 2.14 bits per heavy atom. The van der Waals surface area contributed by atoms with Crippen LogP contribution in [0.4, 0.5) is 5.82 Å². The maximum atomic E-state index is 11.4. The van der Waals surface area contributed by atoms with Crippen molar-refractivity contribution in [2.45, 2.75) is 52.9 Å². The standard InChI is InChI=1S/C17H27N3O2/c1-16(2,3)13-6-7-14(19-18-13)20-10-8-12(9-11-20)17(4,5)15(21)22/h6-7,12H,8-11H2,1-5H3,(H,21,22). The highest BCUT2D eigenvalue weighted by Gasteiger charge is 2.38. The molecule has 0 atom stereocenters. The zero-order chi connectivity index (χ0) is 16.5. The fourth-order valence-corrected chi connectivity index (χ4v) is 2.90. The molecule has 0 aromatic carbocycles. The van der Waals surface area contributed by atoms with Crippen molar-refractivity contribution in [3.8, 4) is 0 Å². The van der Waals surface area contributed by atoms with Gasteiger partial charge in [-0.05, 0) is 44.7 Å². The third-order valence-corrected chi connectivity index (χ3v) is 4.81. The molecule has 122 valence electrons. The van der Waals surface area contributed by atoms with Gasteiger partial charge in [0, 0.05) is 18.5 Å². The number of hydrogen-bond donors (Lipinski definition) is 1. The highest BCUT2D eigenvalue weighted by atomic mass is 16.4. The molecule has 22 heavy (non-hydrogen) atoms. The molecule has 5 nitrogen and oxygen atoms in total. The Balaban J connectivity index is 2.02. The lowest BCUT2D eigenvalue weighted by atomic mass is 9.74. The van der Waals surface area contributed by atoms with Crippen LogP contribution in [0.2, 0.25) is 0 Å². The van der Waals surface area contributed by atoms with Crippen molar-refractivity contribution in [2.75, 3.05) is 18.0 Å². The number of hydrogen-bond acceptors (Lipinski definition) is 4. The molecule has 2 heterocycles. The van der Waals surface area contributed by atoms with E-state index in [9.17, 15) is 9.90 Å². The minimum Gasteiger partial charge on any atom is -0.481 e. The number of anilines is 1. The van der Waals surface area contributed by atoms with E-state index in [0.717, 1.165) is 37.4 Å². The summed E-state index contributed by atoms with van der Waals surface area (Å²) in [5.74, 6) is 0.392. The average molecular weight is 305 g/mol. The van der Waals surface area contributed by atoms with Crippen molar-refractivity contribution in [3.63, 3.8) is 0 Å². The maximum absolute atomic E-state index is 11.4. The van der Waals surface area contributed by atoms with Gasteiger partial charge in [0.05, 0.1) is 11.1 Å². The molecule has 1 fully saturated rings. The number of carboxylic acids is 1. The Hall–Kier alpha value is -1.65. The van der Waals surface area contributed by atoms with Gasteiger partial charge in [0.2, 0.25) is 0 Å². The van der Waals surface area contributed by atoms with Crippen LogP contribution in [0.1, 0.15) is 53.2 Å².